The Kier molecular flexibility index (Phi) is 4.55. The maximum absolute atomic E-state index is 13.3. The molecule has 0 aromatic heterocycles. The molecule has 148 valence electrons. The summed E-state index contributed by atoms with van der Waals surface area (Å²) in [4.78, 5) is 12.7. The molecule has 0 atom stereocenters. The molecule has 6 nitrogen and oxygen atoms in total. The van der Waals surface area contributed by atoms with Gasteiger partial charge in [-0.3, -0.25) is 9.10 Å². The first kappa shape index (κ1) is 19.0. The van der Waals surface area contributed by atoms with Crippen molar-refractivity contribution in [1.29, 1.82) is 0 Å². The number of carbonyl (C=O) groups excluding carboxylic acids is 1. The SMILES string of the molecule is Cc1cccc(C)c1N(C)S(=O)(=O)c1ccc2c(c1)C(=O)Nc1ccccc1O2. The molecule has 1 aliphatic heterocycles. The van der Waals surface area contributed by atoms with Gasteiger partial charge in [0.1, 0.15) is 5.75 Å². The van der Waals surface area contributed by atoms with Crippen LogP contribution in [0, 0.1) is 13.8 Å². The lowest BCUT2D eigenvalue weighted by atomic mass is 10.1. The normalized spacial score (nSPS) is 12.9. The fraction of sp³-hybridized carbons (Fsp3) is 0.136. The molecule has 1 N–H and O–H groups in total. The van der Waals surface area contributed by atoms with Crippen molar-refractivity contribution in [3.05, 3.63) is 77.4 Å². The molecule has 0 radical (unpaired) electrons. The smallest absolute Gasteiger partial charge is 0.264 e. The molecule has 3 aromatic rings. The highest BCUT2D eigenvalue weighted by atomic mass is 32.2. The van der Waals surface area contributed by atoms with E-state index in [2.05, 4.69) is 5.32 Å². The molecule has 7 heteroatoms. The number of nitrogens with zero attached hydrogens (tertiary/aromatic N) is 1. The minimum absolute atomic E-state index is 0.0195. The van der Waals surface area contributed by atoms with E-state index in [0.29, 0.717) is 22.9 Å². The van der Waals surface area contributed by atoms with E-state index in [-0.39, 0.29) is 10.5 Å². The predicted molar refractivity (Wildman–Crippen MR) is 112 cm³/mol. The third kappa shape index (κ3) is 3.23. The molecule has 1 aliphatic rings. The van der Waals surface area contributed by atoms with Gasteiger partial charge in [-0.25, -0.2) is 8.42 Å². The van der Waals surface area contributed by atoms with E-state index in [1.165, 1.54) is 29.6 Å². The average Bonchev–Trinajstić information content (AvgIpc) is 2.83. The van der Waals surface area contributed by atoms with E-state index in [9.17, 15) is 13.2 Å². The number of sulfonamides is 1. The largest absolute Gasteiger partial charge is 0.454 e. The van der Waals surface area contributed by atoms with Gasteiger partial charge in [-0.2, -0.15) is 0 Å². The highest BCUT2D eigenvalue weighted by Crippen LogP contribution is 2.37. The summed E-state index contributed by atoms with van der Waals surface area (Å²) in [5.74, 6) is 0.390. The zero-order chi connectivity index (χ0) is 20.8. The molecule has 0 fully saturated rings. The van der Waals surface area contributed by atoms with E-state index in [1.54, 1.807) is 24.3 Å². The third-order valence-electron chi connectivity index (χ3n) is 4.96. The van der Waals surface area contributed by atoms with Crippen LogP contribution in [0.25, 0.3) is 0 Å². The Morgan fingerprint density at radius 1 is 0.897 bits per heavy atom. The van der Waals surface area contributed by atoms with Gasteiger partial charge in [0.15, 0.2) is 5.75 Å². The van der Waals surface area contributed by atoms with Gasteiger partial charge in [-0.1, -0.05) is 30.3 Å². The molecule has 0 spiro atoms. The van der Waals surface area contributed by atoms with Crippen molar-refractivity contribution >= 4 is 27.3 Å². The second-order valence-electron chi connectivity index (χ2n) is 6.92. The van der Waals surface area contributed by atoms with Gasteiger partial charge in [0.05, 0.1) is 21.8 Å². The van der Waals surface area contributed by atoms with Gasteiger partial charge in [-0.05, 0) is 55.3 Å². The van der Waals surface area contributed by atoms with Crippen LogP contribution in [-0.2, 0) is 10.0 Å². The number of hydrogen-bond acceptors (Lipinski definition) is 4. The maximum Gasteiger partial charge on any atom is 0.264 e. The number of rotatable bonds is 3. The number of nitrogens with one attached hydrogen (secondary N) is 1. The van der Waals surface area contributed by atoms with Gasteiger partial charge in [-0.15, -0.1) is 0 Å². The topological polar surface area (TPSA) is 75.7 Å². The minimum atomic E-state index is -3.88. The Morgan fingerprint density at radius 2 is 1.59 bits per heavy atom. The van der Waals surface area contributed by atoms with Crippen molar-refractivity contribution in [2.24, 2.45) is 0 Å². The van der Waals surface area contributed by atoms with Crippen LogP contribution in [0.5, 0.6) is 11.5 Å². The fourth-order valence-corrected chi connectivity index (χ4v) is 4.84. The molecule has 4 rings (SSSR count). The first-order valence-corrected chi connectivity index (χ1v) is 10.5. The van der Waals surface area contributed by atoms with Crippen molar-refractivity contribution < 1.29 is 17.9 Å². The Morgan fingerprint density at radius 3 is 2.31 bits per heavy atom. The number of benzene rings is 3. The van der Waals surface area contributed by atoms with E-state index in [1.807, 2.05) is 32.0 Å². The lowest BCUT2D eigenvalue weighted by molar-refractivity contribution is 0.102. The molecule has 1 amide bonds. The third-order valence-corrected chi connectivity index (χ3v) is 6.72. The van der Waals surface area contributed by atoms with Gasteiger partial charge in [0.2, 0.25) is 0 Å². The molecule has 0 saturated carbocycles. The number of fused-ring (bicyclic) bond motifs is 2. The van der Waals surface area contributed by atoms with E-state index in [4.69, 9.17) is 4.74 Å². The van der Waals surface area contributed by atoms with Crippen LogP contribution < -0.4 is 14.4 Å². The molecule has 0 bridgehead atoms. The quantitative estimate of drug-likeness (QED) is 0.693. The van der Waals surface area contributed by atoms with Crippen LogP contribution in [0.1, 0.15) is 21.5 Å². The van der Waals surface area contributed by atoms with E-state index < -0.39 is 15.9 Å². The second-order valence-corrected chi connectivity index (χ2v) is 8.89. The lowest BCUT2D eigenvalue weighted by Gasteiger charge is -2.23. The molecule has 0 unspecified atom stereocenters. The standard InChI is InChI=1S/C22H20N2O4S/c1-14-7-6-8-15(2)21(14)24(3)29(26,27)16-11-12-19-17(13-16)22(25)23-18-9-4-5-10-20(18)28-19/h4-13H,1-3H3,(H,23,25). The van der Waals surface area contributed by atoms with Gasteiger partial charge < -0.3 is 10.1 Å². The van der Waals surface area contributed by atoms with Crippen LogP contribution in [0.4, 0.5) is 11.4 Å². The average molecular weight is 408 g/mol. The zero-order valence-electron chi connectivity index (χ0n) is 16.3. The molecule has 29 heavy (non-hydrogen) atoms. The number of para-hydroxylation sites is 3. The molecule has 0 aliphatic carbocycles. The summed E-state index contributed by atoms with van der Waals surface area (Å²) < 4.78 is 33.7. The first-order valence-electron chi connectivity index (χ1n) is 9.06. The van der Waals surface area contributed by atoms with Crippen LogP contribution >= 0.6 is 0 Å². The molecule has 1 heterocycles. The van der Waals surface area contributed by atoms with Gasteiger partial charge in [0, 0.05) is 7.05 Å². The number of amides is 1. The molecular formula is C22H20N2O4S. The summed E-state index contributed by atoms with van der Waals surface area (Å²) >= 11 is 0. The summed E-state index contributed by atoms with van der Waals surface area (Å²) in [7, 11) is -2.36. The maximum atomic E-state index is 13.3. The van der Waals surface area contributed by atoms with E-state index >= 15 is 0 Å². The number of ether oxygens (including phenoxy) is 1. The Bertz CT molecular complexity index is 1220. The fourth-order valence-electron chi connectivity index (χ4n) is 3.48. The second kappa shape index (κ2) is 6.93. The first-order chi connectivity index (χ1) is 13.8. The van der Waals surface area contributed by atoms with Crippen LogP contribution in [0.15, 0.2) is 65.6 Å². The van der Waals surface area contributed by atoms with Gasteiger partial charge in [0.25, 0.3) is 15.9 Å². The number of carbonyl (C=O) groups is 1. The summed E-state index contributed by atoms with van der Waals surface area (Å²) in [6, 6.07) is 17.0. The van der Waals surface area contributed by atoms with Crippen molar-refractivity contribution in [1.82, 2.24) is 0 Å². The van der Waals surface area contributed by atoms with Crippen LogP contribution in [-0.4, -0.2) is 21.4 Å². The van der Waals surface area contributed by atoms with Crippen LogP contribution in [0.3, 0.4) is 0 Å². The van der Waals surface area contributed by atoms with Crippen molar-refractivity contribution in [3.8, 4) is 11.5 Å². The summed E-state index contributed by atoms with van der Waals surface area (Å²) in [6.45, 7) is 3.73. The molecular weight excluding hydrogens is 388 g/mol. The highest BCUT2D eigenvalue weighted by molar-refractivity contribution is 7.92. The monoisotopic (exact) mass is 408 g/mol. The Balaban J connectivity index is 1.78. The zero-order valence-corrected chi connectivity index (χ0v) is 17.1. The Hall–Kier alpha value is -3.32. The highest BCUT2D eigenvalue weighted by Gasteiger charge is 2.27. The summed E-state index contributed by atoms with van der Waals surface area (Å²) in [6.07, 6.45) is 0. The summed E-state index contributed by atoms with van der Waals surface area (Å²) in [5, 5.41) is 2.76. The van der Waals surface area contributed by atoms with Crippen molar-refractivity contribution in [2.75, 3.05) is 16.7 Å². The van der Waals surface area contributed by atoms with Crippen molar-refractivity contribution in [2.45, 2.75) is 18.7 Å². The van der Waals surface area contributed by atoms with Gasteiger partial charge >= 0.3 is 0 Å². The van der Waals surface area contributed by atoms with E-state index in [0.717, 1.165) is 11.1 Å². The number of aryl methyl sites for hydroxylation is 2. The Labute approximate surface area is 169 Å². The molecule has 0 saturated heterocycles. The number of anilines is 2. The molecule has 3 aromatic carbocycles. The summed E-state index contributed by atoms with van der Waals surface area (Å²) in [5.41, 5.74) is 3.02. The van der Waals surface area contributed by atoms with Crippen molar-refractivity contribution in [3.63, 3.8) is 0 Å². The predicted octanol–water partition coefficient (Wildman–Crippen LogP) is 4.49. The number of hydrogen-bond donors (Lipinski definition) is 1. The van der Waals surface area contributed by atoms with Crippen LogP contribution in [0.2, 0.25) is 0 Å². The lowest BCUT2D eigenvalue weighted by Crippen LogP contribution is -2.28. The minimum Gasteiger partial charge on any atom is -0.454 e.